The molecule has 3 aromatic carbocycles. The lowest BCUT2D eigenvalue weighted by Crippen LogP contribution is -1.95. The molecule has 0 saturated carbocycles. The number of hydrogen-bond acceptors (Lipinski definition) is 7. The molecule has 160 valence electrons. The van der Waals surface area contributed by atoms with Crippen LogP contribution in [0.3, 0.4) is 0 Å². The maximum Gasteiger partial charge on any atom is 0.269 e. The molecule has 0 bridgehead atoms. The normalized spacial score (nSPS) is 10.7. The molecule has 1 N–H and O–H groups in total. The minimum atomic E-state index is -0.411. The first-order valence-corrected chi connectivity index (χ1v) is 10.1. The molecule has 3 rings (SSSR count). The van der Waals surface area contributed by atoms with E-state index in [2.05, 4.69) is 4.72 Å². The Balaban J connectivity index is 1.71. The average molecular weight is 439 g/mol. The largest absolute Gasteiger partial charge is 0.493 e. The zero-order valence-corrected chi connectivity index (χ0v) is 18.1. The predicted octanol–water partition coefficient (Wildman–Crippen LogP) is 5.91. The van der Waals surface area contributed by atoms with Crippen LogP contribution in [0.1, 0.15) is 11.1 Å². The van der Waals surface area contributed by atoms with Crippen molar-refractivity contribution in [1.82, 2.24) is 0 Å². The number of nitro groups is 1. The molecule has 0 saturated heterocycles. The maximum absolute atomic E-state index is 10.8. The quantitative estimate of drug-likeness (QED) is 0.192. The number of non-ortho nitro benzene ring substituents is 1. The topological polar surface area (TPSA) is 82.9 Å². The molecule has 3 aromatic rings. The van der Waals surface area contributed by atoms with Crippen molar-refractivity contribution in [3.63, 3.8) is 0 Å². The molecule has 0 aliphatic rings. The van der Waals surface area contributed by atoms with E-state index in [1.165, 1.54) is 24.1 Å². The molecule has 8 heteroatoms. The molecular weight excluding hydrogens is 416 g/mol. The summed E-state index contributed by atoms with van der Waals surface area (Å²) in [7, 11) is 4.74. The van der Waals surface area contributed by atoms with Crippen LogP contribution in [0, 0.1) is 10.1 Å². The molecule has 0 fully saturated rings. The van der Waals surface area contributed by atoms with E-state index in [1.54, 1.807) is 33.5 Å². The van der Waals surface area contributed by atoms with E-state index in [4.69, 9.17) is 14.2 Å². The van der Waals surface area contributed by atoms with Gasteiger partial charge in [-0.15, -0.1) is 0 Å². The Morgan fingerprint density at radius 3 is 2.10 bits per heavy atom. The summed E-state index contributed by atoms with van der Waals surface area (Å²) >= 11 is 1.39. The first kappa shape index (κ1) is 22.0. The lowest BCUT2D eigenvalue weighted by atomic mass is 10.1. The van der Waals surface area contributed by atoms with Crippen molar-refractivity contribution in [2.45, 2.75) is 4.90 Å². The highest BCUT2D eigenvalue weighted by Crippen LogP contribution is 2.38. The van der Waals surface area contributed by atoms with Gasteiger partial charge in [-0.2, -0.15) is 0 Å². The summed E-state index contributed by atoms with van der Waals surface area (Å²) < 4.78 is 19.4. The predicted molar refractivity (Wildman–Crippen MR) is 124 cm³/mol. The molecule has 0 amide bonds. The van der Waals surface area contributed by atoms with Crippen LogP contribution in [-0.2, 0) is 0 Å². The van der Waals surface area contributed by atoms with Gasteiger partial charge in [0.2, 0.25) is 5.75 Å². The minimum absolute atomic E-state index is 0.0725. The third-order valence-electron chi connectivity index (χ3n) is 4.38. The fourth-order valence-corrected chi connectivity index (χ4v) is 3.48. The fourth-order valence-electron chi connectivity index (χ4n) is 2.85. The smallest absolute Gasteiger partial charge is 0.269 e. The molecule has 0 aliphatic carbocycles. The van der Waals surface area contributed by atoms with Gasteiger partial charge < -0.3 is 18.9 Å². The first-order valence-electron chi connectivity index (χ1n) is 9.29. The van der Waals surface area contributed by atoms with E-state index in [1.807, 2.05) is 48.6 Å². The van der Waals surface area contributed by atoms with Gasteiger partial charge in [-0.05, 0) is 59.5 Å². The Hall–Kier alpha value is -3.65. The zero-order chi connectivity index (χ0) is 22.2. The van der Waals surface area contributed by atoms with E-state index in [0.717, 1.165) is 21.7 Å². The zero-order valence-electron chi connectivity index (χ0n) is 17.3. The highest BCUT2D eigenvalue weighted by Gasteiger charge is 2.12. The number of nitrogens with zero attached hydrogens (tertiary/aromatic N) is 1. The summed E-state index contributed by atoms with van der Waals surface area (Å²) in [5, 5.41) is 10.8. The Morgan fingerprint density at radius 1 is 0.871 bits per heavy atom. The lowest BCUT2D eigenvalue weighted by Gasteiger charge is -2.12. The van der Waals surface area contributed by atoms with Crippen molar-refractivity contribution in [2.75, 3.05) is 26.1 Å². The Kier molecular flexibility index (Phi) is 7.40. The van der Waals surface area contributed by atoms with Gasteiger partial charge in [0.25, 0.3) is 5.69 Å². The van der Waals surface area contributed by atoms with Crippen LogP contribution < -0.4 is 18.9 Å². The molecule has 0 atom stereocenters. The molecule has 0 radical (unpaired) electrons. The van der Waals surface area contributed by atoms with Crippen molar-refractivity contribution >= 4 is 35.5 Å². The van der Waals surface area contributed by atoms with Crippen molar-refractivity contribution in [3.05, 3.63) is 81.9 Å². The van der Waals surface area contributed by atoms with Gasteiger partial charge in [0.1, 0.15) is 0 Å². The molecule has 7 nitrogen and oxygen atoms in total. The number of benzene rings is 3. The second-order valence-electron chi connectivity index (χ2n) is 6.37. The van der Waals surface area contributed by atoms with Crippen molar-refractivity contribution in [2.24, 2.45) is 0 Å². The first-order chi connectivity index (χ1) is 15.0. The monoisotopic (exact) mass is 438 g/mol. The fraction of sp³-hybridized carbons (Fsp3) is 0.130. The Bertz CT molecular complexity index is 1060. The van der Waals surface area contributed by atoms with Gasteiger partial charge in [-0.3, -0.25) is 10.1 Å². The number of anilines is 1. The van der Waals surface area contributed by atoms with Gasteiger partial charge in [-0.1, -0.05) is 24.3 Å². The van der Waals surface area contributed by atoms with Crippen LogP contribution in [-0.4, -0.2) is 26.3 Å². The number of nitro benzene ring substituents is 1. The standard InChI is InChI=1S/C23H22N2O5S/c1-28-21-14-17(15-22(29-2)23(21)30-3)8-7-16-5-4-6-18(13-16)24-31-20-11-9-19(10-12-20)25(26)27/h4-15,24H,1-3H3/b8-7-. The third-order valence-corrected chi connectivity index (χ3v) is 5.22. The molecule has 0 aromatic heterocycles. The van der Waals surface area contributed by atoms with Gasteiger partial charge in [0.05, 0.1) is 26.3 Å². The van der Waals surface area contributed by atoms with E-state index < -0.39 is 4.92 Å². The van der Waals surface area contributed by atoms with E-state index >= 15 is 0 Å². The van der Waals surface area contributed by atoms with Crippen molar-refractivity contribution < 1.29 is 19.1 Å². The van der Waals surface area contributed by atoms with E-state index in [-0.39, 0.29) is 5.69 Å². The summed E-state index contributed by atoms with van der Waals surface area (Å²) in [5.74, 6) is 1.74. The van der Waals surface area contributed by atoms with E-state index in [9.17, 15) is 10.1 Å². The highest BCUT2D eigenvalue weighted by atomic mass is 32.2. The Morgan fingerprint density at radius 2 is 1.52 bits per heavy atom. The van der Waals surface area contributed by atoms with E-state index in [0.29, 0.717) is 17.2 Å². The van der Waals surface area contributed by atoms with Crippen LogP contribution in [0.15, 0.2) is 65.6 Å². The molecular formula is C23H22N2O5S. The number of rotatable bonds is 9. The van der Waals surface area contributed by atoms with Crippen LogP contribution in [0.2, 0.25) is 0 Å². The average Bonchev–Trinajstić information content (AvgIpc) is 2.81. The lowest BCUT2D eigenvalue weighted by molar-refractivity contribution is -0.384. The van der Waals surface area contributed by atoms with Gasteiger partial charge >= 0.3 is 0 Å². The summed E-state index contributed by atoms with van der Waals surface area (Å²) in [4.78, 5) is 11.2. The third kappa shape index (κ3) is 5.70. The molecule has 0 aliphatic heterocycles. The van der Waals surface area contributed by atoms with Crippen molar-refractivity contribution in [3.8, 4) is 17.2 Å². The van der Waals surface area contributed by atoms with Gasteiger partial charge in [-0.25, -0.2) is 0 Å². The second-order valence-corrected chi connectivity index (χ2v) is 7.25. The summed E-state index contributed by atoms with van der Waals surface area (Å²) in [6.45, 7) is 0. The van der Waals surface area contributed by atoms with Crippen LogP contribution in [0.5, 0.6) is 17.2 Å². The second kappa shape index (κ2) is 10.4. The SMILES string of the molecule is COc1cc(/C=C\c2cccc(NSc3ccc([N+](=O)[O-])cc3)c2)cc(OC)c1OC. The maximum atomic E-state index is 10.8. The van der Waals surface area contributed by atoms with Crippen LogP contribution in [0.4, 0.5) is 11.4 Å². The summed E-state index contributed by atoms with van der Waals surface area (Å²) in [6.07, 6.45) is 3.95. The van der Waals surface area contributed by atoms with Crippen LogP contribution in [0.25, 0.3) is 12.2 Å². The molecule has 31 heavy (non-hydrogen) atoms. The minimum Gasteiger partial charge on any atom is -0.493 e. The summed E-state index contributed by atoms with van der Waals surface area (Å²) in [5.41, 5.74) is 2.90. The van der Waals surface area contributed by atoms with Gasteiger partial charge in [0.15, 0.2) is 11.5 Å². The summed E-state index contributed by atoms with van der Waals surface area (Å²) in [6, 6.07) is 18.1. The van der Waals surface area contributed by atoms with Crippen molar-refractivity contribution in [1.29, 1.82) is 0 Å². The van der Waals surface area contributed by atoms with Crippen LogP contribution >= 0.6 is 11.9 Å². The highest BCUT2D eigenvalue weighted by molar-refractivity contribution is 8.00. The Labute approximate surface area is 184 Å². The number of ether oxygens (including phenoxy) is 3. The molecule has 0 spiro atoms. The molecule has 0 heterocycles. The number of hydrogen-bond donors (Lipinski definition) is 1. The number of nitrogens with one attached hydrogen (secondary N) is 1. The number of methoxy groups -OCH3 is 3. The molecule has 0 unspecified atom stereocenters. The van der Waals surface area contributed by atoms with Gasteiger partial charge in [0, 0.05) is 22.7 Å².